The van der Waals surface area contributed by atoms with Gasteiger partial charge >= 0.3 is 24.4 Å². The van der Waals surface area contributed by atoms with Gasteiger partial charge in [0.15, 0.2) is 11.5 Å². The number of hydrogen-bond acceptors (Lipinski definition) is 11. The maximum Gasteiger partial charge on any atom is 0.514 e. The summed E-state index contributed by atoms with van der Waals surface area (Å²) in [5.74, 6) is -1.42. The molecular weight excluding hydrogens is 490 g/mol. The van der Waals surface area contributed by atoms with Crippen LogP contribution in [0.3, 0.4) is 0 Å². The zero-order valence-electron chi connectivity index (χ0n) is 22.3. The van der Waals surface area contributed by atoms with E-state index in [9.17, 15) is 24.3 Å². The molecule has 0 radical (unpaired) electrons. The first-order chi connectivity index (χ1) is 17.3. The van der Waals surface area contributed by atoms with E-state index in [0.29, 0.717) is 12.0 Å². The molecule has 37 heavy (non-hydrogen) atoms. The van der Waals surface area contributed by atoms with Crippen LogP contribution in [-0.4, -0.2) is 66.5 Å². The van der Waals surface area contributed by atoms with Gasteiger partial charge in [-0.05, 0) is 72.1 Å². The number of benzene rings is 1. The van der Waals surface area contributed by atoms with Crippen LogP contribution in [0.15, 0.2) is 18.2 Å². The van der Waals surface area contributed by atoms with Crippen LogP contribution in [0.2, 0.25) is 0 Å². The Balaban J connectivity index is 2.96. The van der Waals surface area contributed by atoms with E-state index in [4.69, 9.17) is 28.4 Å². The van der Waals surface area contributed by atoms with Crippen molar-refractivity contribution in [2.45, 2.75) is 91.8 Å². The van der Waals surface area contributed by atoms with E-state index in [1.54, 1.807) is 41.5 Å². The second-order valence-corrected chi connectivity index (χ2v) is 8.84. The Morgan fingerprint density at radius 3 is 1.84 bits per heavy atom. The third kappa shape index (κ3) is 12.8. The largest absolute Gasteiger partial charge is 0.514 e. The van der Waals surface area contributed by atoms with E-state index in [1.165, 1.54) is 18.2 Å². The van der Waals surface area contributed by atoms with Gasteiger partial charge in [-0.25, -0.2) is 14.4 Å². The van der Waals surface area contributed by atoms with Gasteiger partial charge in [0.1, 0.15) is 18.2 Å². The van der Waals surface area contributed by atoms with Crippen LogP contribution in [0.25, 0.3) is 0 Å². The fourth-order valence-electron chi connectivity index (χ4n) is 2.73. The van der Waals surface area contributed by atoms with Crippen LogP contribution in [0, 0.1) is 0 Å². The minimum absolute atomic E-state index is 0.0360. The third-order valence-electron chi connectivity index (χ3n) is 4.62. The molecule has 12 heteroatoms. The quantitative estimate of drug-likeness (QED) is 0.211. The van der Waals surface area contributed by atoms with Crippen molar-refractivity contribution in [3.63, 3.8) is 0 Å². The van der Waals surface area contributed by atoms with Gasteiger partial charge in [-0.2, -0.15) is 0 Å². The Hall–Kier alpha value is -3.54. The van der Waals surface area contributed by atoms with Gasteiger partial charge in [0.2, 0.25) is 0 Å². The number of carboxylic acid groups (broad SMARTS) is 1. The predicted octanol–water partition coefficient (Wildman–Crippen LogP) is 4.46. The highest BCUT2D eigenvalue weighted by atomic mass is 16.8. The summed E-state index contributed by atoms with van der Waals surface area (Å²) in [6, 6.07) is 3.15. The summed E-state index contributed by atoms with van der Waals surface area (Å²) in [6.45, 7) is 11.8. The van der Waals surface area contributed by atoms with Gasteiger partial charge in [-0.3, -0.25) is 4.79 Å². The summed E-state index contributed by atoms with van der Waals surface area (Å²) in [7, 11) is 0. The van der Waals surface area contributed by atoms with Crippen molar-refractivity contribution in [1.82, 2.24) is 5.32 Å². The lowest BCUT2D eigenvalue weighted by Crippen LogP contribution is -2.42. The molecule has 2 unspecified atom stereocenters. The van der Waals surface area contributed by atoms with Crippen LogP contribution in [0.1, 0.15) is 60.5 Å². The lowest BCUT2D eigenvalue weighted by molar-refractivity contribution is -0.139. The molecule has 0 spiro atoms. The van der Waals surface area contributed by atoms with Crippen molar-refractivity contribution < 1.29 is 52.7 Å². The molecule has 2 N–H and O–H groups in total. The molecule has 208 valence electrons. The molecule has 1 aromatic rings. The van der Waals surface area contributed by atoms with Gasteiger partial charge in [0.05, 0.1) is 12.2 Å². The molecule has 0 amide bonds. The smallest absolute Gasteiger partial charge is 0.480 e. The average molecular weight is 528 g/mol. The zero-order chi connectivity index (χ0) is 28.1. The van der Waals surface area contributed by atoms with E-state index in [1.807, 2.05) is 6.92 Å². The van der Waals surface area contributed by atoms with Crippen molar-refractivity contribution in [2.24, 2.45) is 0 Å². The van der Waals surface area contributed by atoms with Crippen molar-refractivity contribution in [3.8, 4) is 11.5 Å². The molecule has 1 aromatic carbocycles. The summed E-state index contributed by atoms with van der Waals surface area (Å²) < 4.78 is 30.4. The average Bonchev–Trinajstić information content (AvgIpc) is 2.76. The standard InChI is InChI=1S/C25H37NO11/c1-8-16(6)34-25(31)35-17(7)13-26-19(22(27)28)11-18-9-10-20(36-23(29)32-14(2)3)21(12-18)37-24(30)33-15(4)5/h9-10,12,14-17,19,26H,8,11,13H2,1-7H3,(H,27,28)/t16?,17?,19-/m0/s1. The van der Waals surface area contributed by atoms with Crippen LogP contribution >= 0.6 is 0 Å². The lowest BCUT2D eigenvalue weighted by atomic mass is 10.0. The Kier molecular flexibility index (Phi) is 13.2. The number of hydrogen-bond donors (Lipinski definition) is 2. The number of carbonyl (C=O) groups is 4. The predicted molar refractivity (Wildman–Crippen MR) is 131 cm³/mol. The van der Waals surface area contributed by atoms with E-state index in [0.717, 1.165) is 0 Å². The van der Waals surface area contributed by atoms with Gasteiger partial charge in [-0.15, -0.1) is 0 Å². The maximum atomic E-state index is 12.1. The van der Waals surface area contributed by atoms with Crippen molar-refractivity contribution >= 4 is 24.4 Å². The molecule has 0 saturated heterocycles. The van der Waals surface area contributed by atoms with Crippen LogP contribution in [-0.2, 0) is 30.2 Å². The minimum Gasteiger partial charge on any atom is -0.480 e. The van der Waals surface area contributed by atoms with Gasteiger partial charge in [0, 0.05) is 6.54 Å². The second-order valence-electron chi connectivity index (χ2n) is 8.84. The number of nitrogens with one attached hydrogen (secondary N) is 1. The van der Waals surface area contributed by atoms with E-state index >= 15 is 0 Å². The number of aliphatic carboxylic acids is 1. The van der Waals surface area contributed by atoms with Crippen LogP contribution in [0.4, 0.5) is 14.4 Å². The molecule has 0 aliphatic heterocycles. The molecule has 1 rings (SSSR count). The minimum atomic E-state index is -1.16. The van der Waals surface area contributed by atoms with Crippen LogP contribution < -0.4 is 14.8 Å². The molecule has 0 aliphatic rings. The Morgan fingerprint density at radius 1 is 0.784 bits per heavy atom. The zero-order valence-corrected chi connectivity index (χ0v) is 22.3. The Morgan fingerprint density at radius 2 is 1.32 bits per heavy atom. The number of rotatable bonds is 13. The van der Waals surface area contributed by atoms with Crippen molar-refractivity contribution in [3.05, 3.63) is 23.8 Å². The molecular formula is C25H37NO11. The topological polar surface area (TPSA) is 156 Å². The van der Waals surface area contributed by atoms with Gasteiger partial charge in [-0.1, -0.05) is 13.0 Å². The maximum absolute atomic E-state index is 12.1. The molecule has 0 aromatic heterocycles. The van der Waals surface area contributed by atoms with Gasteiger partial charge in [0.25, 0.3) is 0 Å². The first-order valence-corrected chi connectivity index (χ1v) is 12.0. The summed E-state index contributed by atoms with van der Waals surface area (Å²) >= 11 is 0. The molecule has 0 bridgehead atoms. The summed E-state index contributed by atoms with van der Waals surface area (Å²) in [5.41, 5.74) is 0.446. The molecule has 0 aliphatic carbocycles. The second kappa shape index (κ2) is 15.5. The number of carboxylic acids is 1. The Labute approximate surface area is 216 Å². The van der Waals surface area contributed by atoms with E-state index in [-0.39, 0.29) is 30.6 Å². The number of carbonyl (C=O) groups excluding carboxylic acids is 3. The van der Waals surface area contributed by atoms with Crippen molar-refractivity contribution in [2.75, 3.05) is 6.54 Å². The molecule has 12 nitrogen and oxygen atoms in total. The molecule has 0 fully saturated rings. The fourth-order valence-corrected chi connectivity index (χ4v) is 2.73. The van der Waals surface area contributed by atoms with E-state index < -0.39 is 48.8 Å². The summed E-state index contributed by atoms with van der Waals surface area (Å²) in [4.78, 5) is 47.6. The highest BCUT2D eigenvalue weighted by Gasteiger charge is 2.23. The highest BCUT2D eigenvalue weighted by Crippen LogP contribution is 2.30. The van der Waals surface area contributed by atoms with Gasteiger partial charge < -0.3 is 38.8 Å². The molecule has 0 saturated carbocycles. The Bertz CT molecular complexity index is 916. The fraction of sp³-hybridized carbons (Fsp3) is 0.600. The molecule has 0 heterocycles. The van der Waals surface area contributed by atoms with Crippen LogP contribution in [0.5, 0.6) is 11.5 Å². The highest BCUT2D eigenvalue weighted by molar-refractivity contribution is 5.74. The summed E-state index contributed by atoms with van der Waals surface area (Å²) in [6.07, 6.45) is -4.13. The lowest BCUT2D eigenvalue weighted by Gasteiger charge is -2.20. The van der Waals surface area contributed by atoms with Crippen molar-refractivity contribution in [1.29, 1.82) is 0 Å². The SMILES string of the molecule is CCC(C)OC(=O)OC(C)CN[C@@H](Cc1ccc(OC(=O)OC(C)C)c(OC(=O)OC(C)C)c1)C(=O)O. The first kappa shape index (κ1) is 31.5. The molecule has 3 atom stereocenters. The normalized spacial score (nSPS) is 13.3. The summed E-state index contributed by atoms with van der Waals surface area (Å²) in [5, 5.41) is 12.5. The monoisotopic (exact) mass is 527 g/mol. The third-order valence-corrected chi connectivity index (χ3v) is 4.62. The number of ether oxygens (including phenoxy) is 6. The van der Waals surface area contributed by atoms with E-state index in [2.05, 4.69) is 5.32 Å². The first-order valence-electron chi connectivity index (χ1n) is 12.0.